The Morgan fingerprint density at radius 1 is 1.17 bits per heavy atom. The molecule has 0 aromatic heterocycles. The van der Waals surface area contributed by atoms with Gasteiger partial charge in [-0.1, -0.05) is 12.1 Å². The van der Waals surface area contributed by atoms with Crippen molar-refractivity contribution in [2.45, 2.75) is 56.7 Å². The maximum atomic E-state index is 14.1. The normalized spacial score (nSPS) is 19.8. The van der Waals surface area contributed by atoms with E-state index in [9.17, 15) is 31.2 Å². The van der Waals surface area contributed by atoms with Gasteiger partial charge in [-0.3, -0.25) is 14.7 Å². The molecule has 2 heterocycles. The van der Waals surface area contributed by atoms with Gasteiger partial charge >= 0.3 is 12.4 Å². The zero-order chi connectivity index (χ0) is 30.6. The number of nitrogens with two attached hydrogens (primary N) is 1. The highest BCUT2D eigenvalue weighted by atomic mass is 32.2. The van der Waals surface area contributed by atoms with Crippen LogP contribution in [0.5, 0.6) is 5.75 Å². The van der Waals surface area contributed by atoms with Gasteiger partial charge in [0.25, 0.3) is 5.91 Å². The topological polar surface area (TPSA) is 134 Å². The number of primary amides is 1. The van der Waals surface area contributed by atoms with E-state index >= 15 is 0 Å². The van der Waals surface area contributed by atoms with E-state index in [0.717, 1.165) is 36.1 Å². The number of sulfonamides is 1. The number of rotatable bonds is 7. The first-order valence-corrected chi connectivity index (χ1v) is 15.0. The van der Waals surface area contributed by atoms with Crippen LogP contribution < -0.4 is 20.7 Å². The van der Waals surface area contributed by atoms with Crippen LogP contribution in [0.1, 0.15) is 53.2 Å². The molecule has 42 heavy (non-hydrogen) atoms. The largest absolute Gasteiger partial charge is 0.573 e. The lowest BCUT2D eigenvalue weighted by Gasteiger charge is -2.37. The standard InChI is InChI=1S/C28H32F3N5O5S/c1-16-13-20(35(3)26(32)38)14-17(2)22(16)23(18-7-8-18)42(39,40)36-11-9-27(10-12-36)25(37)33-24(34-27)19-5-4-6-21(15-19)41-28(29,30)31/h4-6,13-15,18,23H,7-12H2,1-3H3,(H2,32,38)(H,33,34,37). The molecule has 14 heteroatoms. The van der Waals surface area contributed by atoms with Crippen molar-refractivity contribution in [1.29, 1.82) is 0 Å². The van der Waals surface area contributed by atoms with Crippen LogP contribution >= 0.6 is 0 Å². The van der Waals surface area contributed by atoms with Crippen molar-refractivity contribution in [2.75, 3.05) is 25.0 Å². The summed E-state index contributed by atoms with van der Waals surface area (Å²) >= 11 is 0. The van der Waals surface area contributed by atoms with Gasteiger partial charge in [-0.15, -0.1) is 13.2 Å². The molecular formula is C28H32F3N5O5S. The summed E-state index contributed by atoms with van der Waals surface area (Å²) in [6.45, 7) is 3.77. The minimum atomic E-state index is -4.86. The molecule has 1 saturated carbocycles. The van der Waals surface area contributed by atoms with Crippen LogP contribution in [0.2, 0.25) is 0 Å². The van der Waals surface area contributed by atoms with E-state index in [1.54, 1.807) is 19.2 Å². The number of urea groups is 1. The zero-order valence-corrected chi connectivity index (χ0v) is 24.2. The highest BCUT2D eigenvalue weighted by Crippen LogP contribution is 2.50. The van der Waals surface area contributed by atoms with Gasteiger partial charge in [0.1, 0.15) is 22.4 Å². The van der Waals surface area contributed by atoms with Gasteiger partial charge in [0, 0.05) is 31.4 Å². The number of aliphatic imine (C=N–C) groups is 1. The molecule has 2 aromatic rings. The number of benzene rings is 2. The molecular weight excluding hydrogens is 575 g/mol. The van der Waals surface area contributed by atoms with Crippen molar-refractivity contribution >= 4 is 33.5 Å². The third kappa shape index (κ3) is 5.69. The number of ether oxygens (including phenoxy) is 1. The number of nitrogens with one attached hydrogen (secondary N) is 1. The van der Waals surface area contributed by atoms with Crippen LogP contribution in [-0.4, -0.2) is 62.5 Å². The molecule has 226 valence electrons. The molecule has 10 nitrogen and oxygen atoms in total. The zero-order valence-electron chi connectivity index (χ0n) is 23.4. The van der Waals surface area contributed by atoms with Crippen molar-refractivity contribution in [3.63, 3.8) is 0 Å². The monoisotopic (exact) mass is 607 g/mol. The summed E-state index contributed by atoms with van der Waals surface area (Å²) in [6.07, 6.45) is -3.07. The van der Waals surface area contributed by atoms with E-state index < -0.39 is 44.9 Å². The first-order valence-electron chi connectivity index (χ1n) is 13.5. The Morgan fingerprint density at radius 2 is 1.79 bits per heavy atom. The number of carbonyl (C=O) groups excluding carboxylic acids is 2. The highest BCUT2D eigenvalue weighted by molar-refractivity contribution is 7.89. The van der Waals surface area contributed by atoms with Gasteiger partial charge in [-0.25, -0.2) is 17.5 Å². The second-order valence-corrected chi connectivity index (χ2v) is 13.2. The van der Waals surface area contributed by atoms with Crippen molar-refractivity contribution in [2.24, 2.45) is 16.6 Å². The Bertz CT molecular complexity index is 1540. The summed E-state index contributed by atoms with van der Waals surface area (Å²) < 4.78 is 71.7. The van der Waals surface area contributed by atoms with E-state index in [1.165, 1.54) is 21.3 Å². The summed E-state index contributed by atoms with van der Waals surface area (Å²) in [5, 5.41) is 1.89. The average molecular weight is 608 g/mol. The van der Waals surface area contributed by atoms with Crippen LogP contribution in [0.15, 0.2) is 41.4 Å². The molecule has 2 aromatic carbocycles. The maximum absolute atomic E-state index is 14.1. The van der Waals surface area contributed by atoms with E-state index in [0.29, 0.717) is 11.3 Å². The lowest BCUT2D eigenvalue weighted by Crippen LogP contribution is -2.51. The molecule has 1 aliphatic carbocycles. The molecule has 5 rings (SSSR count). The third-order valence-corrected chi connectivity index (χ3v) is 10.5. The second-order valence-electron chi connectivity index (χ2n) is 11.1. The predicted octanol–water partition coefficient (Wildman–Crippen LogP) is 3.91. The van der Waals surface area contributed by atoms with Crippen molar-refractivity contribution in [1.82, 2.24) is 9.62 Å². The molecule has 0 bridgehead atoms. The molecule has 1 unspecified atom stereocenters. The molecule has 1 spiro atoms. The van der Waals surface area contributed by atoms with Gasteiger partial charge < -0.3 is 15.8 Å². The number of amides is 3. The molecule has 3 N–H and O–H groups in total. The fourth-order valence-corrected chi connectivity index (χ4v) is 8.29. The lowest BCUT2D eigenvalue weighted by molar-refractivity contribution is -0.274. The number of anilines is 1. The third-order valence-electron chi connectivity index (χ3n) is 8.18. The fourth-order valence-electron chi connectivity index (χ4n) is 5.85. The number of halogens is 3. The van der Waals surface area contributed by atoms with E-state index in [2.05, 4.69) is 15.0 Å². The van der Waals surface area contributed by atoms with Crippen LogP contribution in [0, 0.1) is 19.8 Å². The second kappa shape index (κ2) is 10.6. The number of alkyl halides is 3. The first-order chi connectivity index (χ1) is 19.6. The number of hydrogen-bond donors (Lipinski definition) is 2. The molecule has 3 amide bonds. The van der Waals surface area contributed by atoms with Crippen molar-refractivity contribution in [3.05, 3.63) is 58.7 Å². The van der Waals surface area contributed by atoms with E-state index in [4.69, 9.17) is 5.73 Å². The quantitative estimate of drug-likeness (QED) is 0.492. The molecule has 3 aliphatic rings. The van der Waals surface area contributed by atoms with Gasteiger partial charge in [-0.05, 0) is 86.4 Å². The number of piperidine rings is 1. The van der Waals surface area contributed by atoms with Gasteiger partial charge in [0.05, 0.1) is 0 Å². The Kier molecular flexibility index (Phi) is 7.50. The fraction of sp³-hybridized carbons (Fsp3) is 0.464. The van der Waals surface area contributed by atoms with Crippen molar-refractivity contribution < 1.29 is 35.9 Å². The van der Waals surface area contributed by atoms with Gasteiger partial charge in [0.2, 0.25) is 10.0 Å². The number of carbonyl (C=O) groups is 2. The predicted molar refractivity (Wildman–Crippen MR) is 150 cm³/mol. The summed E-state index contributed by atoms with van der Waals surface area (Å²) in [5.41, 5.74) is 7.22. The Labute approximate surface area is 241 Å². The molecule has 2 fully saturated rings. The van der Waals surface area contributed by atoms with Gasteiger partial charge in [-0.2, -0.15) is 0 Å². The Morgan fingerprint density at radius 3 is 2.33 bits per heavy atom. The summed E-state index contributed by atoms with van der Waals surface area (Å²) in [4.78, 5) is 30.6. The summed E-state index contributed by atoms with van der Waals surface area (Å²) in [5.74, 6) is -0.790. The SMILES string of the molecule is Cc1cc(N(C)C(N)=O)cc(C)c1C(C1CC1)S(=O)(=O)N1CCC2(CC1)N=C(c1cccc(OC(F)(F)F)c1)NC2=O. The number of aryl methyl sites for hydroxylation is 2. The molecule has 0 radical (unpaired) electrons. The molecule has 1 atom stereocenters. The first kappa shape index (κ1) is 29.8. The number of hydrogen-bond acceptors (Lipinski definition) is 6. The Hall–Kier alpha value is -3.65. The van der Waals surface area contributed by atoms with Gasteiger partial charge in [0.15, 0.2) is 0 Å². The molecule has 1 saturated heterocycles. The minimum absolute atomic E-state index is 0.0476. The smallest absolute Gasteiger partial charge is 0.406 e. The lowest BCUT2D eigenvalue weighted by atomic mass is 9.89. The van der Waals surface area contributed by atoms with Crippen molar-refractivity contribution in [3.8, 4) is 5.75 Å². The van der Waals surface area contributed by atoms with Crippen LogP contribution in [0.3, 0.4) is 0 Å². The van der Waals surface area contributed by atoms with Crippen LogP contribution in [-0.2, 0) is 14.8 Å². The number of amidine groups is 1. The van der Waals surface area contributed by atoms with E-state index in [1.807, 2.05) is 13.8 Å². The molecule has 2 aliphatic heterocycles. The van der Waals surface area contributed by atoms with Crippen LogP contribution in [0.4, 0.5) is 23.7 Å². The highest BCUT2D eigenvalue weighted by Gasteiger charge is 2.51. The van der Waals surface area contributed by atoms with Crippen LogP contribution in [0.25, 0.3) is 0 Å². The maximum Gasteiger partial charge on any atom is 0.573 e. The minimum Gasteiger partial charge on any atom is -0.406 e. The summed E-state index contributed by atoms with van der Waals surface area (Å²) in [6, 6.07) is 8.07. The number of nitrogens with zero attached hydrogens (tertiary/aromatic N) is 3. The van der Waals surface area contributed by atoms with E-state index in [-0.39, 0.29) is 43.2 Å². The Balaban J connectivity index is 1.37. The summed E-state index contributed by atoms with van der Waals surface area (Å²) in [7, 11) is -2.29. The average Bonchev–Trinajstić information content (AvgIpc) is 3.68.